The first-order chi connectivity index (χ1) is 7.15. The second kappa shape index (κ2) is 4.94. The highest BCUT2D eigenvalue weighted by molar-refractivity contribution is 6.01. The molecule has 0 saturated heterocycles. The van der Waals surface area contributed by atoms with Gasteiger partial charge in [-0.1, -0.05) is 10.3 Å². The minimum Gasteiger partial charge on any atom is -0.409 e. The predicted octanol–water partition coefficient (Wildman–Crippen LogP) is -0.932. The number of hydrogen-bond acceptors (Lipinski definition) is 6. The summed E-state index contributed by atoms with van der Waals surface area (Å²) in [6.45, 7) is 1.65. The smallest absolute Gasteiger partial charge is 0.230 e. The SMILES string of the molecule is CC(C(=O)NCc1ncon1)C(N)=NO. The topological polar surface area (TPSA) is 127 Å². The van der Waals surface area contributed by atoms with Crippen molar-refractivity contribution in [1.82, 2.24) is 15.5 Å². The van der Waals surface area contributed by atoms with Crippen molar-refractivity contribution in [2.24, 2.45) is 16.8 Å². The molecule has 1 aromatic heterocycles. The molecule has 82 valence electrons. The number of aromatic nitrogens is 2. The summed E-state index contributed by atoms with van der Waals surface area (Å²) < 4.78 is 4.48. The third-order valence-electron chi connectivity index (χ3n) is 1.78. The standard InChI is InChI=1S/C7H11N5O3/c1-4(6(8)11-14)7(13)9-2-5-10-3-15-12-5/h3-4,14H,2H2,1H3,(H2,8,11)(H,9,13). The van der Waals surface area contributed by atoms with Crippen LogP contribution in [0.3, 0.4) is 0 Å². The van der Waals surface area contributed by atoms with Crippen molar-refractivity contribution < 1.29 is 14.5 Å². The van der Waals surface area contributed by atoms with Crippen LogP contribution in [-0.4, -0.2) is 27.1 Å². The number of nitrogens with zero attached hydrogens (tertiary/aromatic N) is 3. The number of nitrogens with two attached hydrogens (primary N) is 1. The highest BCUT2D eigenvalue weighted by Crippen LogP contribution is 1.96. The van der Waals surface area contributed by atoms with Crippen LogP contribution >= 0.6 is 0 Å². The molecule has 8 nitrogen and oxygen atoms in total. The van der Waals surface area contributed by atoms with Crippen LogP contribution in [0.15, 0.2) is 16.1 Å². The minimum atomic E-state index is -0.707. The van der Waals surface area contributed by atoms with Crippen molar-refractivity contribution in [2.45, 2.75) is 13.5 Å². The predicted molar refractivity (Wildman–Crippen MR) is 48.7 cm³/mol. The molecular weight excluding hydrogens is 202 g/mol. The van der Waals surface area contributed by atoms with E-state index in [0.29, 0.717) is 5.82 Å². The van der Waals surface area contributed by atoms with E-state index in [9.17, 15) is 4.79 Å². The zero-order chi connectivity index (χ0) is 11.3. The maximum absolute atomic E-state index is 11.4. The molecule has 1 unspecified atom stereocenters. The lowest BCUT2D eigenvalue weighted by atomic mass is 10.1. The normalized spacial score (nSPS) is 13.5. The average Bonchev–Trinajstić information content (AvgIpc) is 2.76. The first-order valence-corrected chi connectivity index (χ1v) is 4.15. The van der Waals surface area contributed by atoms with E-state index in [4.69, 9.17) is 10.9 Å². The van der Waals surface area contributed by atoms with Gasteiger partial charge in [0, 0.05) is 0 Å². The van der Waals surface area contributed by atoms with Crippen LogP contribution in [0.1, 0.15) is 12.7 Å². The van der Waals surface area contributed by atoms with Gasteiger partial charge in [-0.2, -0.15) is 4.98 Å². The quantitative estimate of drug-likeness (QED) is 0.256. The highest BCUT2D eigenvalue weighted by Gasteiger charge is 2.17. The van der Waals surface area contributed by atoms with E-state index in [-0.39, 0.29) is 18.3 Å². The summed E-state index contributed by atoms with van der Waals surface area (Å²) in [6, 6.07) is 0. The molecular formula is C7H11N5O3. The Hall–Kier alpha value is -2.12. The van der Waals surface area contributed by atoms with E-state index in [2.05, 4.69) is 25.1 Å². The molecule has 8 heteroatoms. The van der Waals surface area contributed by atoms with Crippen molar-refractivity contribution in [1.29, 1.82) is 0 Å². The summed E-state index contributed by atoms with van der Waals surface area (Å²) in [6.07, 6.45) is 1.16. The van der Waals surface area contributed by atoms with Gasteiger partial charge >= 0.3 is 0 Å². The van der Waals surface area contributed by atoms with Gasteiger partial charge in [0.25, 0.3) is 0 Å². The Morgan fingerprint density at radius 1 is 1.87 bits per heavy atom. The summed E-state index contributed by atoms with van der Waals surface area (Å²) in [5.74, 6) is -0.882. The summed E-state index contributed by atoms with van der Waals surface area (Å²) >= 11 is 0. The lowest BCUT2D eigenvalue weighted by Gasteiger charge is -2.08. The van der Waals surface area contributed by atoms with Gasteiger partial charge in [0.2, 0.25) is 12.3 Å². The maximum atomic E-state index is 11.4. The van der Waals surface area contributed by atoms with Crippen LogP contribution in [0.5, 0.6) is 0 Å². The van der Waals surface area contributed by atoms with Crippen molar-refractivity contribution >= 4 is 11.7 Å². The van der Waals surface area contributed by atoms with Crippen LogP contribution in [0, 0.1) is 5.92 Å². The van der Waals surface area contributed by atoms with Crippen LogP contribution in [-0.2, 0) is 11.3 Å². The van der Waals surface area contributed by atoms with Gasteiger partial charge < -0.3 is 20.8 Å². The lowest BCUT2D eigenvalue weighted by Crippen LogP contribution is -2.37. The van der Waals surface area contributed by atoms with Crippen molar-refractivity contribution in [3.8, 4) is 0 Å². The van der Waals surface area contributed by atoms with Gasteiger partial charge in [-0.05, 0) is 6.92 Å². The lowest BCUT2D eigenvalue weighted by molar-refractivity contribution is -0.122. The largest absolute Gasteiger partial charge is 0.409 e. The molecule has 1 amide bonds. The fourth-order valence-electron chi connectivity index (χ4n) is 0.810. The first kappa shape index (κ1) is 11.0. The van der Waals surface area contributed by atoms with Gasteiger partial charge in [-0.3, -0.25) is 4.79 Å². The van der Waals surface area contributed by atoms with Gasteiger partial charge in [0.05, 0.1) is 12.5 Å². The fraction of sp³-hybridized carbons (Fsp3) is 0.429. The van der Waals surface area contributed by atoms with E-state index < -0.39 is 5.92 Å². The van der Waals surface area contributed by atoms with E-state index in [0.717, 1.165) is 6.39 Å². The number of amidine groups is 1. The Balaban J connectivity index is 2.43. The van der Waals surface area contributed by atoms with E-state index >= 15 is 0 Å². The Morgan fingerprint density at radius 3 is 3.13 bits per heavy atom. The number of hydrogen-bond donors (Lipinski definition) is 3. The number of oxime groups is 1. The molecule has 1 atom stereocenters. The van der Waals surface area contributed by atoms with Crippen LogP contribution in [0.25, 0.3) is 0 Å². The van der Waals surface area contributed by atoms with Crippen molar-refractivity contribution in [3.63, 3.8) is 0 Å². The van der Waals surface area contributed by atoms with Gasteiger partial charge in [-0.15, -0.1) is 0 Å². The van der Waals surface area contributed by atoms with E-state index in [1.54, 1.807) is 0 Å². The zero-order valence-electron chi connectivity index (χ0n) is 8.04. The molecule has 0 bridgehead atoms. The molecule has 0 aliphatic heterocycles. The fourth-order valence-corrected chi connectivity index (χ4v) is 0.810. The van der Waals surface area contributed by atoms with Gasteiger partial charge in [0.1, 0.15) is 0 Å². The third kappa shape index (κ3) is 2.93. The van der Waals surface area contributed by atoms with E-state index in [1.807, 2.05) is 0 Å². The number of rotatable bonds is 4. The number of carbonyl (C=O) groups excluding carboxylic acids is 1. The summed E-state index contributed by atoms with van der Waals surface area (Å²) in [4.78, 5) is 15.1. The van der Waals surface area contributed by atoms with Crippen molar-refractivity contribution in [3.05, 3.63) is 12.2 Å². The summed E-state index contributed by atoms with van der Waals surface area (Å²) in [5.41, 5.74) is 5.26. The van der Waals surface area contributed by atoms with Crippen LogP contribution in [0.4, 0.5) is 0 Å². The Kier molecular flexibility index (Phi) is 3.61. The summed E-state index contributed by atoms with van der Waals surface area (Å²) in [7, 11) is 0. The van der Waals surface area contributed by atoms with Gasteiger partial charge in [0.15, 0.2) is 11.7 Å². The second-order valence-electron chi connectivity index (χ2n) is 2.81. The second-order valence-corrected chi connectivity index (χ2v) is 2.81. The highest BCUT2D eigenvalue weighted by atomic mass is 16.5. The Bertz CT molecular complexity index is 348. The zero-order valence-corrected chi connectivity index (χ0v) is 8.04. The molecule has 1 heterocycles. The number of amides is 1. The molecule has 0 saturated carbocycles. The monoisotopic (exact) mass is 213 g/mol. The Morgan fingerprint density at radius 2 is 2.60 bits per heavy atom. The first-order valence-electron chi connectivity index (χ1n) is 4.15. The average molecular weight is 213 g/mol. The molecule has 0 aliphatic rings. The molecule has 1 aromatic rings. The molecule has 0 radical (unpaired) electrons. The maximum Gasteiger partial charge on any atom is 0.230 e. The number of carbonyl (C=O) groups is 1. The third-order valence-corrected chi connectivity index (χ3v) is 1.78. The van der Waals surface area contributed by atoms with Crippen LogP contribution in [0.2, 0.25) is 0 Å². The van der Waals surface area contributed by atoms with Gasteiger partial charge in [-0.25, -0.2) is 0 Å². The van der Waals surface area contributed by atoms with Crippen molar-refractivity contribution in [2.75, 3.05) is 0 Å². The minimum absolute atomic E-state index is 0.137. The Labute approximate surface area is 85.1 Å². The molecule has 0 aromatic carbocycles. The molecule has 1 rings (SSSR count). The molecule has 4 N–H and O–H groups in total. The molecule has 0 fully saturated rings. The molecule has 15 heavy (non-hydrogen) atoms. The molecule has 0 spiro atoms. The van der Waals surface area contributed by atoms with E-state index in [1.165, 1.54) is 6.92 Å². The molecule has 0 aliphatic carbocycles. The van der Waals surface area contributed by atoms with Crippen LogP contribution < -0.4 is 11.1 Å². The number of nitrogens with one attached hydrogen (secondary N) is 1. The summed E-state index contributed by atoms with van der Waals surface area (Å²) in [5, 5.41) is 17.1.